The van der Waals surface area contributed by atoms with Crippen LogP contribution in [0.4, 0.5) is 19.0 Å². The highest BCUT2D eigenvalue weighted by Gasteiger charge is 2.56. The molecule has 1 aliphatic heterocycles. The third-order valence-electron chi connectivity index (χ3n) is 3.80. The molecule has 1 aromatic heterocycles. The number of methoxy groups -OCH3 is 1. The average molecular weight is 332 g/mol. The van der Waals surface area contributed by atoms with Gasteiger partial charge in [0.05, 0.1) is 18.7 Å². The smallest absolute Gasteiger partial charge is 0.393 e. The van der Waals surface area contributed by atoms with Gasteiger partial charge in [0, 0.05) is 13.0 Å². The highest BCUT2D eigenvalue weighted by Crippen LogP contribution is 2.41. The third-order valence-corrected chi connectivity index (χ3v) is 3.80. The van der Waals surface area contributed by atoms with Crippen LogP contribution in [0.2, 0.25) is 0 Å². The summed E-state index contributed by atoms with van der Waals surface area (Å²) in [6, 6.07) is 2.78. The maximum absolute atomic E-state index is 13.0. The van der Waals surface area contributed by atoms with Crippen LogP contribution in [-0.4, -0.2) is 41.9 Å². The van der Waals surface area contributed by atoms with Gasteiger partial charge >= 0.3 is 12.1 Å². The molecule has 10 heteroatoms. The van der Waals surface area contributed by atoms with Gasteiger partial charge in [0.2, 0.25) is 5.91 Å². The number of amides is 1. The Morgan fingerprint density at radius 1 is 1.48 bits per heavy atom. The minimum absolute atomic E-state index is 0.113. The Kier molecular flexibility index (Phi) is 4.44. The minimum atomic E-state index is -4.54. The zero-order chi connectivity index (χ0) is 17.3. The van der Waals surface area contributed by atoms with Gasteiger partial charge in [-0.25, -0.2) is 0 Å². The zero-order valence-electron chi connectivity index (χ0n) is 12.2. The molecule has 2 heterocycles. The number of hydrogen-bond donors (Lipinski definition) is 2. The molecule has 1 amide bonds. The number of alkyl halides is 3. The highest BCUT2D eigenvalue weighted by molar-refractivity contribution is 6.03. The van der Waals surface area contributed by atoms with Crippen molar-refractivity contribution in [2.75, 3.05) is 19.4 Å². The van der Waals surface area contributed by atoms with Crippen LogP contribution in [0.3, 0.4) is 0 Å². The topological polar surface area (TPSA) is 107 Å². The van der Waals surface area contributed by atoms with Crippen molar-refractivity contribution in [1.29, 1.82) is 0 Å². The van der Waals surface area contributed by atoms with Gasteiger partial charge in [-0.05, 0) is 18.6 Å². The number of anilines is 1. The van der Waals surface area contributed by atoms with E-state index >= 15 is 0 Å². The lowest BCUT2D eigenvalue weighted by Crippen LogP contribution is -2.57. The van der Waals surface area contributed by atoms with E-state index in [0.29, 0.717) is 0 Å². The second kappa shape index (κ2) is 6.01. The van der Waals surface area contributed by atoms with Gasteiger partial charge in [0.25, 0.3) is 0 Å². The van der Waals surface area contributed by atoms with Crippen molar-refractivity contribution in [3.8, 4) is 0 Å². The fourth-order valence-electron chi connectivity index (χ4n) is 2.57. The first kappa shape index (κ1) is 17.0. The second-order valence-electron chi connectivity index (χ2n) is 5.35. The Morgan fingerprint density at radius 3 is 2.70 bits per heavy atom. The van der Waals surface area contributed by atoms with Crippen molar-refractivity contribution < 1.29 is 27.5 Å². The van der Waals surface area contributed by atoms with Gasteiger partial charge in [-0.15, -0.1) is 5.10 Å². The maximum atomic E-state index is 13.0. The molecule has 1 saturated heterocycles. The number of nitrogens with zero attached hydrogens (tertiary/aromatic N) is 2. The fourth-order valence-corrected chi connectivity index (χ4v) is 2.57. The number of hydrogen-bond acceptors (Lipinski definition) is 6. The lowest BCUT2D eigenvalue weighted by atomic mass is 9.72. The molecule has 1 fully saturated rings. The number of nitrogen functional groups attached to an aromatic ring is 1. The molecule has 2 unspecified atom stereocenters. The molecule has 0 aliphatic carbocycles. The van der Waals surface area contributed by atoms with Crippen LogP contribution >= 0.6 is 0 Å². The largest absolute Gasteiger partial charge is 0.468 e. The highest BCUT2D eigenvalue weighted by atomic mass is 19.4. The van der Waals surface area contributed by atoms with Crippen LogP contribution in [0.5, 0.6) is 0 Å². The molecule has 0 aromatic carbocycles. The molecule has 23 heavy (non-hydrogen) atoms. The molecule has 0 spiro atoms. The Balaban J connectivity index is 2.38. The number of nitrogens with one attached hydrogen (secondary N) is 1. The Morgan fingerprint density at radius 2 is 2.17 bits per heavy atom. The molecule has 1 aromatic rings. The van der Waals surface area contributed by atoms with Gasteiger partial charge < -0.3 is 15.8 Å². The second-order valence-corrected chi connectivity index (χ2v) is 5.35. The molecule has 3 N–H and O–H groups in total. The molecule has 0 bridgehead atoms. The third kappa shape index (κ3) is 3.35. The van der Waals surface area contributed by atoms with Gasteiger partial charge in [0.1, 0.15) is 5.82 Å². The lowest BCUT2D eigenvalue weighted by molar-refractivity contribution is -0.195. The Hall–Kier alpha value is -2.39. The quantitative estimate of drug-likeness (QED) is 0.615. The van der Waals surface area contributed by atoms with E-state index in [4.69, 9.17) is 5.73 Å². The number of esters is 1. The van der Waals surface area contributed by atoms with Crippen LogP contribution in [0.25, 0.3) is 0 Å². The van der Waals surface area contributed by atoms with Crippen LogP contribution in [0, 0.1) is 11.3 Å². The normalized spacial score (nSPS) is 24.9. The van der Waals surface area contributed by atoms with Crippen LogP contribution < -0.4 is 11.1 Å². The molecule has 7 nitrogen and oxygen atoms in total. The number of ether oxygens (including phenoxy) is 1. The first-order chi connectivity index (χ1) is 10.7. The zero-order valence-corrected chi connectivity index (χ0v) is 12.2. The standard InChI is InChI=1S/C13H15F3N4O3/c1-23-11(22)12(5-8-2-3-9(17)20-19-8)4-7(13(14,15)16)6-18-10(12)21/h2-3,7H,4-6H2,1H3,(H2,17,20)(H,18,21). The van der Waals surface area contributed by atoms with Crippen molar-refractivity contribution in [3.63, 3.8) is 0 Å². The number of carbonyl (C=O) groups is 2. The molecule has 1 aliphatic rings. The van der Waals surface area contributed by atoms with E-state index in [0.717, 1.165) is 7.11 Å². The van der Waals surface area contributed by atoms with Gasteiger partial charge in [-0.3, -0.25) is 9.59 Å². The summed E-state index contributed by atoms with van der Waals surface area (Å²) in [4.78, 5) is 24.3. The number of nitrogens with two attached hydrogens (primary N) is 1. The van der Waals surface area contributed by atoms with Gasteiger partial charge in [0.15, 0.2) is 5.41 Å². The number of halogens is 3. The SMILES string of the molecule is COC(=O)C1(Cc2ccc(N)nn2)CC(C(F)(F)F)CNC1=O. The number of rotatable bonds is 3. The van der Waals surface area contributed by atoms with E-state index < -0.39 is 42.4 Å². The monoisotopic (exact) mass is 332 g/mol. The summed E-state index contributed by atoms with van der Waals surface area (Å²) in [5, 5.41) is 9.43. The maximum Gasteiger partial charge on any atom is 0.393 e. The van der Waals surface area contributed by atoms with Crippen LogP contribution in [-0.2, 0) is 20.7 Å². The van der Waals surface area contributed by atoms with E-state index in [2.05, 4.69) is 20.3 Å². The first-order valence-electron chi connectivity index (χ1n) is 6.70. The summed E-state index contributed by atoms with van der Waals surface area (Å²) in [5.74, 6) is -3.59. The molecular weight excluding hydrogens is 317 g/mol. The Bertz CT molecular complexity index is 595. The first-order valence-corrected chi connectivity index (χ1v) is 6.70. The van der Waals surface area contributed by atoms with E-state index in [1.807, 2.05) is 0 Å². The summed E-state index contributed by atoms with van der Waals surface area (Å²) in [5.41, 5.74) is 3.56. The van der Waals surface area contributed by atoms with Crippen molar-refractivity contribution in [1.82, 2.24) is 15.5 Å². The molecule has 0 saturated carbocycles. The lowest BCUT2D eigenvalue weighted by Gasteiger charge is -2.38. The van der Waals surface area contributed by atoms with E-state index in [-0.39, 0.29) is 17.9 Å². The molecule has 2 rings (SSSR count). The van der Waals surface area contributed by atoms with Gasteiger partial charge in [-0.1, -0.05) is 0 Å². The predicted molar refractivity (Wildman–Crippen MR) is 71.8 cm³/mol. The average Bonchev–Trinajstić information content (AvgIpc) is 2.49. The van der Waals surface area contributed by atoms with E-state index in [1.165, 1.54) is 12.1 Å². The van der Waals surface area contributed by atoms with Gasteiger partial charge in [-0.2, -0.15) is 18.3 Å². The summed E-state index contributed by atoms with van der Waals surface area (Å²) < 4.78 is 43.6. The molecular formula is C13H15F3N4O3. The van der Waals surface area contributed by atoms with Crippen molar-refractivity contribution in [3.05, 3.63) is 17.8 Å². The number of carbonyl (C=O) groups excluding carboxylic acids is 2. The summed E-state index contributed by atoms with van der Waals surface area (Å²) >= 11 is 0. The molecule has 2 atom stereocenters. The molecule has 0 radical (unpaired) electrons. The van der Waals surface area contributed by atoms with Crippen molar-refractivity contribution in [2.24, 2.45) is 11.3 Å². The van der Waals surface area contributed by atoms with E-state index in [9.17, 15) is 22.8 Å². The van der Waals surface area contributed by atoms with Crippen molar-refractivity contribution in [2.45, 2.75) is 19.0 Å². The summed E-state index contributed by atoms with van der Waals surface area (Å²) in [7, 11) is 1.02. The molecule has 126 valence electrons. The van der Waals surface area contributed by atoms with E-state index in [1.54, 1.807) is 0 Å². The van der Waals surface area contributed by atoms with Crippen molar-refractivity contribution >= 4 is 17.7 Å². The Labute approximate surface area is 129 Å². The van der Waals surface area contributed by atoms with Crippen LogP contribution in [0.15, 0.2) is 12.1 Å². The number of piperidine rings is 1. The number of aromatic nitrogens is 2. The van der Waals surface area contributed by atoms with Crippen LogP contribution in [0.1, 0.15) is 12.1 Å². The minimum Gasteiger partial charge on any atom is -0.468 e. The fraction of sp³-hybridized carbons (Fsp3) is 0.538. The predicted octanol–water partition coefficient (Wildman–Crippen LogP) is 0.459. The summed E-state index contributed by atoms with van der Waals surface area (Å²) in [6.07, 6.45) is -5.60. The summed E-state index contributed by atoms with van der Waals surface area (Å²) in [6.45, 7) is -0.575.